The number of anilines is 1. The van der Waals surface area contributed by atoms with E-state index in [9.17, 15) is 4.79 Å². The second-order valence-electron chi connectivity index (χ2n) is 4.62. The first-order chi connectivity index (χ1) is 8.75. The maximum absolute atomic E-state index is 11.8. The number of nitrogens with one attached hydrogen (secondary N) is 2. The fourth-order valence-corrected chi connectivity index (χ4v) is 2.16. The number of nitrogens with zero attached hydrogens (tertiary/aromatic N) is 3. The van der Waals surface area contributed by atoms with Crippen molar-refractivity contribution in [2.75, 3.05) is 5.32 Å². The molecule has 7 nitrogen and oxygen atoms in total. The normalized spacial score (nSPS) is 19.2. The van der Waals surface area contributed by atoms with Crippen LogP contribution in [-0.4, -0.2) is 38.7 Å². The molecule has 0 aromatic carbocycles. The third kappa shape index (κ3) is 3.76. The van der Waals surface area contributed by atoms with E-state index < -0.39 is 6.10 Å². The van der Waals surface area contributed by atoms with Crippen LogP contribution in [0.4, 0.5) is 5.95 Å². The first kappa shape index (κ1) is 12.9. The van der Waals surface area contributed by atoms with Gasteiger partial charge in [-0.2, -0.15) is 5.21 Å². The predicted octanol–water partition coefficient (Wildman–Crippen LogP) is 1.27. The molecule has 2 N–H and O–H groups in total. The van der Waals surface area contributed by atoms with Gasteiger partial charge in [-0.1, -0.05) is 30.8 Å². The molecule has 1 atom stereocenters. The maximum atomic E-state index is 11.8. The number of carbonyl (C=O) groups is 1. The summed E-state index contributed by atoms with van der Waals surface area (Å²) in [7, 11) is 0. The molecule has 7 heteroatoms. The van der Waals surface area contributed by atoms with Crippen LogP contribution in [0.1, 0.15) is 45.4 Å². The van der Waals surface area contributed by atoms with E-state index in [0.29, 0.717) is 0 Å². The van der Waals surface area contributed by atoms with Crippen molar-refractivity contribution in [3.05, 3.63) is 0 Å². The fourth-order valence-electron chi connectivity index (χ4n) is 2.16. The molecule has 1 aromatic rings. The zero-order valence-corrected chi connectivity index (χ0v) is 10.6. The molecule has 0 saturated heterocycles. The molecule has 100 valence electrons. The maximum Gasteiger partial charge on any atom is 0.269 e. The zero-order chi connectivity index (χ0) is 12.8. The number of aromatic amines is 1. The van der Waals surface area contributed by atoms with Gasteiger partial charge in [0.25, 0.3) is 11.9 Å². The van der Waals surface area contributed by atoms with Gasteiger partial charge in [0.15, 0.2) is 0 Å². The van der Waals surface area contributed by atoms with Gasteiger partial charge in [0.2, 0.25) is 0 Å². The molecule has 0 aliphatic heterocycles. The number of tetrazole rings is 1. The Labute approximate surface area is 106 Å². The molecule has 1 aromatic heterocycles. The number of aromatic nitrogens is 4. The van der Waals surface area contributed by atoms with Gasteiger partial charge in [-0.05, 0) is 25.0 Å². The lowest BCUT2D eigenvalue weighted by molar-refractivity contribution is -0.130. The topological polar surface area (TPSA) is 92.8 Å². The Morgan fingerprint density at radius 2 is 2.11 bits per heavy atom. The highest BCUT2D eigenvalue weighted by Gasteiger charge is 2.21. The van der Waals surface area contributed by atoms with Crippen LogP contribution in [0.2, 0.25) is 0 Å². The standard InChI is InChI=1S/C11H19N5O2/c1-8(10(17)12-11-13-15-16-14-11)18-9-6-4-2-3-5-7-9/h8-9H,2-7H2,1H3,(H2,12,13,14,15,16,17)/t8-/m0/s1. The first-order valence-electron chi connectivity index (χ1n) is 6.45. The van der Waals surface area contributed by atoms with Gasteiger partial charge in [-0.15, -0.1) is 5.10 Å². The number of ether oxygens (including phenoxy) is 1. The van der Waals surface area contributed by atoms with E-state index in [1.165, 1.54) is 25.7 Å². The van der Waals surface area contributed by atoms with Crippen LogP contribution in [0.15, 0.2) is 0 Å². The monoisotopic (exact) mass is 253 g/mol. The molecular formula is C11H19N5O2. The van der Waals surface area contributed by atoms with Crippen LogP contribution in [0.25, 0.3) is 0 Å². The van der Waals surface area contributed by atoms with E-state index in [4.69, 9.17) is 4.74 Å². The van der Waals surface area contributed by atoms with Crippen molar-refractivity contribution < 1.29 is 9.53 Å². The lowest BCUT2D eigenvalue weighted by Gasteiger charge is -2.19. The van der Waals surface area contributed by atoms with E-state index in [1.54, 1.807) is 6.92 Å². The molecule has 1 saturated carbocycles. The van der Waals surface area contributed by atoms with Gasteiger partial charge < -0.3 is 4.74 Å². The van der Waals surface area contributed by atoms with Crippen LogP contribution < -0.4 is 5.32 Å². The number of carbonyl (C=O) groups excluding carboxylic acids is 1. The molecule has 2 rings (SSSR count). The second kappa shape index (κ2) is 6.44. The van der Waals surface area contributed by atoms with Crippen molar-refractivity contribution in [3.63, 3.8) is 0 Å². The number of H-pyrrole nitrogens is 1. The van der Waals surface area contributed by atoms with Gasteiger partial charge in [0.1, 0.15) is 6.10 Å². The van der Waals surface area contributed by atoms with Crippen LogP contribution >= 0.6 is 0 Å². The Balaban J connectivity index is 1.79. The van der Waals surface area contributed by atoms with Crippen molar-refractivity contribution in [2.45, 2.75) is 57.7 Å². The van der Waals surface area contributed by atoms with Gasteiger partial charge in [0.05, 0.1) is 6.10 Å². The lowest BCUT2D eigenvalue weighted by atomic mass is 10.1. The molecule has 1 heterocycles. The summed E-state index contributed by atoms with van der Waals surface area (Å²) in [5.74, 6) is -0.0584. The van der Waals surface area contributed by atoms with E-state index in [0.717, 1.165) is 12.8 Å². The molecule has 18 heavy (non-hydrogen) atoms. The third-order valence-electron chi connectivity index (χ3n) is 3.15. The summed E-state index contributed by atoms with van der Waals surface area (Å²) in [4.78, 5) is 11.8. The summed E-state index contributed by atoms with van der Waals surface area (Å²) in [5, 5.41) is 15.5. The largest absolute Gasteiger partial charge is 0.365 e. The van der Waals surface area contributed by atoms with Crippen LogP contribution in [0.3, 0.4) is 0 Å². The Kier molecular flexibility index (Phi) is 4.63. The summed E-state index contributed by atoms with van der Waals surface area (Å²) in [6.45, 7) is 1.75. The molecule has 1 aliphatic rings. The molecule has 0 radical (unpaired) electrons. The second-order valence-corrected chi connectivity index (χ2v) is 4.62. The third-order valence-corrected chi connectivity index (χ3v) is 3.15. The van der Waals surface area contributed by atoms with Gasteiger partial charge in [-0.3, -0.25) is 10.1 Å². The van der Waals surface area contributed by atoms with E-state index in [1.807, 2.05) is 0 Å². The summed E-state index contributed by atoms with van der Waals surface area (Å²) >= 11 is 0. The van der Waals surface area contributed by atoms with Gasteiger partial charge >= 0.3 is 0 Å². The minimum atomic E-state index is -0.494. The number of hydrogen-bond donors (Lipinski definition) is 2. The minimum Gasteiger partial charge on any atom is -0.365 e. The average Bonchev–Trinajstić information content (AvgIpc) is 2.72. The van der Waals surface area contributed by atoms with Crippen LogP contribution in [-0.2, 0) is 9.53 Å². The Hall–Kier alpha value is -1.50. The fraction of sp³-hybridized carbons (Fsp3) is 0.818. The SMILES string of the molecule is C[C@H](OC1CCCCCC1)C(=O)Nc1nn[nH]n1. The van der Waals surface area contributed by atoms with Crippen molar-refractivity contribution in [3.8, 4) is 0 Å². The summed E-state index contributed by atoms with van der Waals surface area (Å²) in [5.41, 5.74) is 0. The predicted molar refractivity (Wildman–Crippen MR) is 64.8 cm³/mol. The van der Waals surface area contributed by atoms with E-state index >= 15 is 0 Å². The summed E-state index contributed by atoms with van der Waals surface area (Å²) < 4.78 is 5.78. The molecule has 1 fully saturated rings. The highest BCUT2D eigenvalue weighted by molar-refractivity contribution is 5.92. The van der Waals surface area contributed by atoms with Gasteiger partial charge in [0, 0.05) is 0 Å². The van der Waals surface area contributed by atoms with Crippen molar-refractivity contribution >= 4 is 11.9 Å². The van der Waals surface area contributed by atoms with E-state index in [2.05, 4.69) is 25.9 Å². The number of amides is 1. The number of rotatable bonds is 4. The van der Waals surface area contributed by atoms with Gasteiger partial charge in [-0.25, -0.2) is 0 Å². The van der Waals surface area contributed by atoms with Crippen molar-refractivity contribution in [1.29, 1.82) is 0 Å². The highest BCUT2D eigenvalue weighted by atomic mass is 16.5. The molecule has 0 spiro atoms. The Bertz CT molecular complexity index is 360. The first-order valence-corrected chi connectivity index (χ1v) is 6.45. The Morgan fingerprint density at radius 3 is 2.72 bits per heavy atom. The Morgan fingerprint density at radius 1 is 1.39 bits per heavy atom. The smallest absolute Gasteiger partial charge is 0.269 e. The quantitative estimate of drug-likeness (QED) is 0.788. The highest BCUT2D eigenvalue weighted by Crippen LogP contribution is 2.21. The van der Waals surface area contributed by atoms with E-state index in [-0.39, 0.29) is 18.0 Å². The average molecular weight is 253 g/mol. The number of hydrogen-bond acceptors (Lipinski definition) is 5. The summed E-state index contributed by atoms with van der Waals surface area (Å²) in [6, 6.07) is 0. The lowest BCUT2D eigenvalue weighted by Crippen LogP contribution is -2.32. The zero-order valence-electron chi connectivity index (χ0n) is 10.6. The van der Waals surface area contributed by atoms with Crippen molar-refractivity contribution in [1.82, 2.24) is 20.6 Å². The molecule has 0 unspecified atom stereocenters. The molecule has 1 aliphatic carbocycles. The van der Waals surface area contributed by atoms with Crippen LogP contribution in [0, 0.1) is 0 Å². The molecule has 1 amide bonds. The summed E-state index contributed by atoms with van der Waals surface area (Å²) in [6.07, 6.45) is 6.69. The minimum absolute atomic E-state index is 0.177. The molecule has 0 bridgehead atoms. The van der Waals surface area contributed by atoms with Crippen LogP contribution in [0.5, 0.6) is 0 Å². The van der Waals surface area contributed by atoms with Crippen molar-refractivity contribution in [2.24, 2.45) is 0 Å². The molecular weight excluding hydrogens is 234 g/mol.